The Kier molecular flexibility index (Phi) is 10.0. The number of rotatable bonds is 10. The zero-order chi connectivity index (χ0) is 17.2. The molecule has 0 aliphatic rings. The predicted octanol–water partition coefficient (Wildman–Crippen LogP) is 5.71. The maximum Gasteiger partial charge on any atom is 0.175 e. The molecule has 0 aromatic rings. The SMILES string of the molecule is C=C[C@@](C)(CCC=C(C)C)OC(O)/C=C(\C)CCC=C(C)C. The van der Waals surface area contributed by atoms with Gasteiger partial charge in [0, 0.05) is 0 Å². The average molecular weight is 306 g/mol. The maximum absolute atomic E-state index is 10.1. The van der Waals surface area contributed by atoms with Crippen LogP contribution in [-0.2, 0) is 4.74 Å². The molecule has 0 aliphatic heterocycles. The van der Waals surface area contributed by atoms with E-state index in [1.807, 2.05) is 13.8 Å². The Morgan fingerprint density at radius 3 is 2.14 bits per heavy atom. The first-order chi connectivity index (χ1) is 10.2. The van der Waals surface area contributed by atoms with Crippen molar-refractivity contribution in [3.63, 3.8) is 0 Å². The van der Waals surface area contributed by atoms with Gasteiger partial charge in [-0.3, -0.25) is 0 Å². The lowest BCUT2D eigenvalue weighted by molar-refractivity contribution is -0.135. The zero-order valence-electron chi connectivity index (χ0n) is 15.3. The van der Waals surface area contributed by atoms with Crippen molar-refractivity contribution in [1.29, 1.82) is 0 Å². The standard InChI is InChI=1S/C20H34O2/c1-8-20(7,14-10-12-17(4)5)22-19(21)15-18(6)13-9-11-16(2)3/h8,11-12,15,19,21H,1,9-10,13-14H2,2-7H3/b18-15+/t19?,20-/m0/s1. The summed E-state index contributed by atoms with van der Waals surface area (Å²) in [5.74, 6) is 0. The van der Waals surface area contributed by atoms with Gasteiger partial charge < -0.3 is 9.84 Å². The van der Waals surface area contributed by atoms with Gasteiger partial charge >= 0.3 is 0 Å². The van der Waals surface area contributed by atoms with E-state index in [1.165, 1.54) is 11.1 Å². The fourth-order valence-electron chi connectivity index (χ4n) is 2.08. The molecule has 0 radical (unpaired) electrons. The third kappa shape index (κ3) is 10.6. The van der Waals surface area contributed by atoms with E-state index in [-0.39, 0.29) is 0 Å². The molecule has 2 atom stereocenters. The first kappa shape index (κ1) is 20.9. The second kappa shape index (κ2) is 10.6. The van der Waals surface area contributed by atoms with Crippen molar-refractivity contribution in [3.8, 4) is 0 Å². The second-order valence-corrected chi connectivity index (χ2v) is 6.68. The van der Waals surface area contributed by atoms with Crippen LogP contribution in [0.4, 0.5) is 0 Å². The molecular weight excluding hydrogens is 272 g/mol. The van der Waals surface area contributed by atoms with E-state index >= 15 is 0 Å². The Morgan fingerprint density at radius 1 is 1.09 bits per heavy atom. The molecule has 0 saturated heterocycles. The van der Waals surface area contributed by atoms with E-state index in [0.717, 1.165) is 31.3 Å². The molecule has 1 N–H and O–H groups in total. The molecule has 0 saturated carbocycles. The van der Waals surface area contributed by atoms with Crippen LogP contribution >= 0.6 is 0 Å². The third-order valence-electron chi connectivity index (χ3n) is 3.53. The van der Waals surface area contributed by atoms with E-state index in [4.69, 9.17) is 4.74 Å². The van der Waals surface area contributed by atoms with Crippen molar-refractivity contribution < 1.29 is 9.84 Å². The van der Waals surface area contributed by atoms with Crippen LogP contribution in [0.1, 0.15) is 67.2 Å². The van der Waals surface area contributed by atoms with Crippen LogP contribution in [-0.4, -0.2) is 17.0 Å². The van der Waals surface area contributed by atoms with E-state index in [1.54, 1.807) is 12.2 Å². The number of hydrogen-bond acceptors (Lipinski definition) is 2. The van der Waals surface area contributed by atoms with Gasteiger partial charge in [0.25, 0.3) is 0 Å². The molecule has 0 heterocycles. The number of aliphatic hydroxyl groups excluding tert-OH is 1. The van der Waals surface area contributed by atoms with Crippen molar-refractivity contribution in [2.75, 3.05) is 0 Å². The molecule has 0 amide bonds. The summed E-state index contributed by atoms with van der Waals surface area (Å²) in [4.78, 5) is 0. The number of ether oxygens (including phenoxy) is 1. The second-order valence-electron chi connectivity index (χ2n) is 6.68. The van der Waals surface area contributed by atoms with Crippen molar-refractivity contribution in [2.45, 2.75) is 79.1 Å². The number of aliphatic hydroxyl groups is 1. The smallest absolute Gasteiger partial charge is 0.175 e. The molecule has 0 aromatic heterocycles. The fraction of sp³-hybridized carbons (Fsp3) is 0.600. The molecule has 22 heavy (non-hydrogen) atoms. The van der Waals surface area contributed by atoms with Crippen molar-refractivity contribution in [1.82, 2.24) is 0 Å². The highest BCUT2D eigenvalue weighted by molar-refractivity contribution is 5.05. The molecule has 0 aromatic carbocycles. The molecule has 0 aliphatic carbocycles. The highest BCUT2D eigenvalue weighted by Gasteiger charge is 2.23. The lowest BCUT2D eigenvalue weighted by Gasteiger charge is -2.28. The van der Waals surface area contributed by atoms with Crippen LogP contribution < -0.4 is 0 Å². The highest BCUT2D eigenvalue weighted by Crippen LogP contribution is 2.22. The molecule has 0 spiro atoms. The summed E-state index contributed by atoms with van der Waals surface area (Å²) in [6.45, 7) is 16.2. The predicted molar refractivity (Wildman–Crippen MR) is 96.8 cm³/mol. The Hall–Kier alpha value is -1.12. The Bertz CT molecular complexity index is 421. The largest absolute Gasteiger partial charge is 0.365 e. The van der Waals surface area contributed by atoms with E-state index in [9.17, 15) is 5.11 Å². The van der Waals surface area contributed by atoms with Gasteiger partial charge in [0.2, 0.25) is 0 Å². The summed E-state index contributed by atoms with van der Waals surface area (Å²) in [5.41, 5.74) is 3.24. The van der Waals surface area contributed by atoms with Gasteiger partial charge in [0.05, 0.1) is 5.60 Å². The quantitative estimate of drug-likeness (QED) is 0.414. The van der Waals surface area contributed by atoms with Crippen molar-refractivity contribution >= 4 is 0 Å². The van der Waals surface area contributed by atoms with Crippen LogP contribution in [0.5, 0.6) is 0 Å². The van der Waals surface area contributed by atoms with Crippen molar-refractivity contribution in [3.05, 3.63) is 47.6 Å². The molecular formula is C20H34O2. The van der Waals surface area contributed by atoms with Gasteiger partial charge in [-0.05, 0) is 73.3 Å². The summed E-state index contributed by atoms with van der Waals surface area (Å²) in [6.07, 6.45) is 10.7. The number of hydrogen-bond donors (Lipinski definition) is 1. The zero-order valence-corrected chi connectivity index (χ0v) is 15.3. The number of allylic oxidation sites excluding steroid dienone is 5. The summed E-state index contributed by atoms with van der Waals surface area (Å²) >= 11 is 0. The molecule has 1 unspecified atom stereocenters. The summed E-state index contributed by atoms with van der Waals surface area (Å²) in [5, 5.41) is 10.1. The Labute approximate surface area is 137 Å². The Balaban J connectivity index is 4.50. The van der Waals surface area contributed by atoms with Gasteiger partial charge in [-0.1, -0.05) is 34.9 Å². The third-order valence-corrected chi connectivity index (χ3v) is 3.53. The van der Waals surface area contributed by atoms with Gasteiger partial charge in [-0.25, -0.2) is 0 Å². The average Bonchev–Trinajstić information content (AvgIpc) is 2.37. The van der Waals surface area contributed by atoms with E-state index in [2.05, 4.69) is 46.4 Å². The van der Waals surface area contributed by atoms with Crippen LogP contribution in [0, 0.1) is 0 Å². The molecule has 0 fully saturated rings. The first-order valence-electron chi connectivity index (χ1n) is 8.12. The first-order valence-corrected chi connectivity index (χ1v) is 8.12. The summed E-state index contributed by atoms with van der Waals surface area (Å²) in [7, 11) is 0. The Morgan fingerprint density at radius 2 is 1.64 bits per heavy atom. The summed E-state index contributed by atoms with van der Waals surface area (Å²) in [6, 6.07) is 0. The monoisotopic (exact) mass is 306 g/mol. The van der Waals surface area contributed by atoms with E-state index in [0.29, 0.717) is 0 Å². The van der Waals surface area contributed by atoms with Crippen molar-refractivity contribution in [2.24, 2.45) is 0 Å². The van der Waals surface area contributed by atoms with Crippen LogP contribution in [0.3, 0.4) is 0 Å². The van der Waals surface area contributed by atoms with E-state index < -0.39 is 11.9 Å². The minimum Gasteiger partial charge on any atom is -0.365 e. The van der Waals surface area contributed by atoms with Gasteiger partial charge in [0.15, 0.2) is 6.29 Å². The van der Waals surface area contributed by atoms with Crippen LogP contribution in [0.25, 0.3) is 0 Å². The minimum absolute atomic E-state index is 0.512. The molecule has 2 heteroatoms. The lowest BCUT2D eigenvalue weighted by atomic mass is 9.99. The fourth-order valence-corrected chi connectivity index (χ4v) is 2.08. The lowest BCUT2D eigenvalue weighted by Crippen LogP contribution is -2.30. The normalized spacial score (nSPS) is 15.7. The van der Waals surface area contributed by atoms with Gasteiger partial charge in [-0.2, -0.15) is 0 Å². The topological polar surface area (TPSA) is 29.5 Å². The van der Waals surface area contributed by atoms with Gasteiger partial charge in [0.1, 0.15) is 0 Å². The highest BCUT2D eigenvalue weighted by atomic mass is 16.6. The maximum atomic E-state index is 10.1. The molecule has 0 rings (SSSR count). The van der Waals surface area contributed by atoms with Crippen LogP contribution in [0.2, 0.25) is 0 Å². The van der Waals surface area contributed by atoms with Gasteiger partial charge in [-0.15, -0.1) is 6.58 Å². The minimum atomic E-state index is -0.888. The van der Waals surface area contributed by atoms with Crippen LogP contribution in [0.15, 0.2) is 47.6 Å². The molecule has 0 bridgehead atoms. The molecule has 126 valence electrons. The summed E-state index contributed by atoms with van der Waals surface area (Å²) < 4.78 is 5.78. The molecule has 2 nitrogen and oxygen atoms in total.